The summed E-state index contributed by atoms with van der Waals surface area (Å²) in [6.45, 7) is 0. The maximum absolute atomic E-state index is 14.4. The van der Waals surface area contributed by atoms with Crippen molar-refractivity contribution in [2.45, 2.75) is 48.7 Å². The van der Waals surface area contributed by atoms with Crippen LogP contribution in [0.1, 0.15) is 18.4 Å². The van der Waals surface area contributed by atoms with Crippen molar-refractivity contribution >= 4 is 5.97 Å². The first-order valence-electron chi connectivity index (χ1n) is 11.1. The van der Waals surface area contributed by atoms with Crippen LogP contribution in [-0.4, -0.2) is 64.7 Å². The highest BCUT2D eigenvalue weighted by Gasteiger charge is 2.67. The van der Waals surface area contributed by atoms with Crippen LogP contribution in [0.4, 0.5) is 13.2 Å². The Labute approximate surface area is 206 Å². The lowest BCUT2D eigenvalue weighted by molar-refractivity contribution is -0.318. The maximum atomic E-state index is 14.4. The number of rotatable bonds is 7. The summed E-state index contributed by atoms with van der Waals surface area (Å²) in [7, 11) is 5.06. The fraction of sp³-hybridized carbons (Fsp3) is 0.480. The number of hydrogen-bond donors (Lipinski definition) is 0. The van der Waals surface area contributed by atoms with Crippen LogP contribution in [0, 0.1) is 0 Å². The smallest absolute Gasteiger partial charge is 0.432 e. The monoisotopic (exact) mass is 512 g/mol. The average Bonchev–Trinajstić information content (AvgIpc) is 2.87. The van der Waals surface area contributed by atoms with E-state index >= 15 is 0 Å². The van der Waals surface area contributed by atoms with Crippen LogP contribution in [-0.2, 0) is 29.3 Å². The largest absolute Gasteiger partial charge is 0.497 e. The molecule has 1 saturated carbocycles. The zero-order chi connectivity index (χ0) is 26.1. The van der Waals surface area contributed by atoms with Crippen LogP contribution in [0.3, 0.4) is 0 Å². The van der Waals surface area contributed by atoms with Crippen molar-refractivity contribution in [3.05, 3.63) is 54.1 Å². The first-order valence-corrected chi connectivity index (χ1v) is 11.1. The summed E-state index contributed by atoms with van der Waals surface area (Å²) in [6, 6.07) is 11.4. The Morgan fingerprint density at radius 3 is 2.31 bits per heavy atom. The number of benzene rings is 2. The summed E-state index contributed by atoms with van der Waals surface area (Å²) in [5.41, 5.74) is -3.80. The van der Waals surface area contributed by atoms with Gasteiger partial charge in [-0.15, -0.1) is 0 Å². The number of alkyl halides is 3. The molecule has 36 heavy (non-hydrogen) atoms. The van der Waals surface area contributed by atoms with Gasteiger partial charge in [-0.2, -0.15) is 13.2 Å². The number of esters is 1. The molecule has 2 aliphatic rings. The topological polar surface area (TPSA) is 81.7 Å². The van der Waals surface area contributed by atoms with Gasteiger partial charge in [-0.25, -0.2) is 4.79 Å². The fourth-order valence-corrected chi connectivity index (χ4v) is 4.71. The minimum atomic E-state index is -5.14. The Kier molecular flexibility index (Phi) is 7.09. The number of hydrogen-bond acceptors (Lipinski definition) is 8. The van der Waals surface area contributed by atoms with Gasteiger partial charge in [-0.3, -0.25) is 0 Å². The number of carbonyl (C=O) groups is 1. The van der Waals surface area contributed by atoms with Gasteiger partial charge >= 0.3 is 12.1 Å². The molecule has 4 rings (SSSR count). The normalized spacial score (nSPS) is 26.9. The van der Waals surface area contributed by atoms with E-state index in [2.05, 4.69) is 0 Å². The van der Waals surface area contributed by atoms with Gasteiger partial charge in [0.1, 0.15) is 5.75 Å². The van der Waals surface area contributed by atoms with E-state index in [0.717, 1.165) is 19.2 Å². The third-order valence-corrected chi connectivity index (χ3v) is 6.62. The first kappa shape index (κ1) is 26.1. The van der Waals surface area contributed by atoms with E-state index < -0.39 is 47.4 Å². The molecule has 2 aromatic carbocycles. The van der Waals surface area contributed by atoms with Gasteiger partial charge in [0.05, 0.1) is 13.2 Å². The number of carbonyl (C=O) groups excluding carboxylic acids is 1. The lowest BCUT2D eigenvalue weighted by Crippen LogP contribution is -2.68. The van der Waals surface area contributed by atoms with E-state index in [4.69, 9.17) is 33.2 Å². The zero-order valence-corrected chi connectivity index (χ0v) is 20.2. The number of halogens is 3. The molecule has 0 spiro atoms. The fourth-order valence-electron chi connectivity index (χ4n) is 4.71. The number of ether oxygens (including phenoxy) is 7. The van der Waals surface area contributed by atoms with E-state index in [0.29, 0.717) is 11.5 Å². The summed E-state index contributed by atoms with van der Waals surface area (Å²) in [6.07, 6.45) is -7.61. The molecule has 1 heterocycles. The minimum Gasteiger partial charge on any atom is -0.497 e. The van der Waals surface area contributed by atoms with Gasteiger partial charge in [0.2, 0.25) is 0 Å². The summed E-state index contributed by atoms with van der Waals surface area (Å²) in [5, 5.41) is 0. The first-order chi connectivity index (χ1) is 17.1. The van der Waals surface area contributed by atoms with E-state index in [1.165, 1.54) is 39.5 Å². The lowest BCUT2D eigenvalue weighted by Gasteiger charge is -2.51. The van der Waals surface area contributed by atoms with Crippen LogP contribution in [0.25, 0.3) is 0 Å². The highest BCUT2D eigenvalue weighted by molar-refractivity contribution is 5.83. The van der Waals surface area contributed by atoms with Crippen LogP contribution >= 0.6 is 0 Å². The maximum Gasteiger partial charge on any atom is 0.432 e. The molecule has 0 amide bonds. The summed E-state index contributed by atoms with van der Waals surface area (Å²) in [4.78, 5) is 13.4. The molecule has 0 bridgehead atoms. The second-order valence-electron chi connectivity index (χ2n) is 8.42. The lowest BCUT2D eigenvalue weighted by atomic mass is 9.84. The third kappa shape index (κ3) is 4.14. The van der Waals surface area contributed by atoms with Crippen LogP contribution < -0.4 is 14.2 Å². The molecule has 0 radical (unpaired) electrons. The molecular weight excluding hydrogens is 485 g/mol. The van der Waals surface area contributed by atoms with E-state index in [1.807, 2.05) is 0 Å². The van der Waals surface area contributed by atoms with Crippen molar-refractivity contribution in [2.75, 3.05) is 28.4 Å². The second-order valence-corrected chi connectivity index (χ2v) is 8.42. The Morgan fingerprint density at radius 2 is 1.72 bits per heavy atom. The second kappa shape index (κ2) is 9.79. The van der Waals surface area contributed by atoms with Crippen molar-refractivity contribution in [2.24, 2.45) is 0 Å². The summed E-state index contributed by atoms with van der Waals surface area (Å²) in [5.74, 6) is -2.29. The summed E-state index contributed by atoms with van der Waals surface area (Å²) < 4.78 is 82.4. The van der Waals surface area contributed by atoms with Crippen LogP contribution in [0.15, 0.2) is 48.5 Å². The van der Waals surface area contributed by atoms with Gasteiger partial charge in [0.25, 0.3) is 11.4 Å². The molecule has 1 fully saturated rings. The number of methoxy groups -OCH3 is 4. The highest BCUT2D eigenvalue weighted by Crippen LogP contribution is 2.49. The standard InChI is InChI=1S/C25H27F3O8/c1-30-16-10-11-18-19(12-16)34-20-13-17(31-2)14-21(24(20,33-4)36-18)35-22(29)23(32-3,25(26,27)28)15-8-6-5-7-9-15/h5-12,17,20-21H,13-14H2,1-4H3/t17-,20+,21-,23+,24-/m1/s1. The molecule has 1 aliphatic heterocycles. The van der Waals surface area contributed by atoms with E-state index in [9.17, 15) is 18.0 Å². The van der Waals surface area contributed by atoms with Gasteiger partial charge < -0.3 is 33.2 Å². The molecule has 8 nitrogen and oxygen atoms in total. The Morgan fingerprint density at radius 1 is 1.00 bits per heavy atom. The quantitative estimate of drug-likeness (QED) is 0.515. The van der Waals surface area contributed by atoms with E-state index in [1.54, 1.807) is 18.2 Å². The van der Waals surface area contributed by atoms with Crippen molar-refractivity contribution in [3.8, 4) is 17.2 Å². The molecule has 5 atom stereocenters. The van der Waals surface area contributed by atoms with E-state index in [-0.39, 0.29) is 18.6 Å². The third-order valence-electron chi connectivity index (χ3n) is 6.62. The average molecular weight is 512 g/mol. The molecular formula is C25H27F3O8. The highest BCUT2D eigenvalue weighted by atomic mass is 19.4. The van der Waals surface area contributed by atoms with Gasteiger partial charge in [-0.05, 0) is 12.1 Å². The molecule has 2 aromatic rings. The van der Waals surface area contributed by atoms with Gasteiger partial charge in [0, 0.05) is 45.8 Å². The van der Waals surface area contributed by atoms with Crippen LogP contribution in [0.2, 0.25) is 0 Å². The molecule has 0 aromatic heterocycles. The summed E-state index contributed by atoms with van der Waals surface area (Å²) >= 11 is 0. The molecule has 0 N–H and O–H groups in total. The molecule has 196 valence electrons. The predicted octanol–water partition coefficient (Wildman–Crippen LogP) is 4.00. The van der Waals surface area contributed by atoms with Crippen molar-refractivity contribution in [3.63, 3.8) is 0 Å². The molecule has 0 saturated heterocycles. The molecule has 1 aliphatic carbocycles. The number of fused-ring (bicyclic) bond motifs is 2. The predicted molar refractivity (Wildman–Crippen MR) is 119 cm³/mol. The zero-order valence-electron chi connectivity index (χ0n) is 20.2. The molecule has 0 unspecified atom stereocenters. The Bertz CT molecular complexity index is 1080. The minimum absolute atomic E-state index is 0.00608. The molecule has 11 heteroatoms. The van der Waals surface area contributed by atoms with Crippen molar-refractivity contribution < 1.29 is 51.1 Å². The van der Waals surface area contributed by atoms with Gasteiger partial charge in [-0.1, -0.05) is 30.3 Å². The Balaban J connectivity index is 1.75. The van der Waals surface area contributed by atoms with Crippen LogP contribution in [0.5, 0.6) is 17.2 Å². The van der Waals surface area contributed by atoms with Gasteiger partial charge in [0.15, 0.2) is 23.7 Å². The van der Waals surface area contributed by atoms with Crippen molar-refractivity contribution in [1.29, 1.82) is 0 Å². The Hall–Kier alpha value is -3.02. The SMILES string of the molecule is COc1ccc2c(c1)O[C@H]1C[C@@H](OC)C[C@@H](OC(=O)[C@@](OC)(c3ccccc3)C(F)(F)F)[C@]1(OC)O2. The van der Waals surface area contributed by atoms with Crippen molar-refractivity contribution in [1.82, 2.24) is 0 Å².